The molecule has 0 spiro atoms. The zero-order valence-electron chi connectivity index (χ0n) is 18.1. The summed E-state index contributed by atoms with van der Waals surface area (Å²) in [5.74, 6) is 2.63. The van der Waals surface area contributed by atoms with Crippen molar-refractivity contribution in [2.24, 2.45) is 16.8 Å². The quantitative estimate of drug-likeness (QED) is 0.517. The highest BCUT2D eigenvalue weighted by Gasteiger charge is 2.31. The van der Waals surface area contributed by atoms with Crippen LogP contribution in [0.3, 0.4) is 0 Å². The smallest absolute Gasteiger partial charge is 0.225 e. The van der Waals surface area contributed by atoms with Crippen molar-refractivity contribution >= 4 is 11.9 Å². The average Bonchev–Trinajstić information content (AvgIpc) is 2.68. The van der Waals surface area contributed by atoms with Crippen molar-refractivity contribution in [1.82, 2.24) is 20.4 Å². The van der Waals surface area contributed by atoms with Crippen molar-refractivity contribution in [3.63, 3.8) is 0 Å². The lowest BCUT2D eigenvalue weighted by molar-refractivity contribution is -0.139. The highest BCUT2D eigenvalue weighted by Crippen LogP contribution is 2.28. The fourth-order valence-electron chi connectivity index (χ4n) is 4.64. The van der Waals surface area contributed by atoms with Crippen molar-refractivity contribution < 1.29 is 4.79 Å². The maximum Gasteiger partial charge on any atom is 0.225 e. The number of amides is 1. The summed E-state index contributed by atoms with van der Waals surface area (Å²) in [6.45, 7) is 10.9. The van der Waals surface area contributed by atoms with Gasteiger partial charge in [0.15, 0.2) is 5.96 Å². The minimum atomic E-state index is 0.331. The molecule has 6 heteroatoms. The molecular weight excluding hydrogens is 350 g/mol. The van der Waals surface area contributed by atoms with Crippen LogP contribution >= 0.6 is 0 Å². The van der Waals surface area contributed by atoms with Crippen molar-refractivity contribution in [2.75, 3.05) is 45.8 Å². The minimum absolute atomic E-state index is 0.331. The number of carbonyl (C=O) groups excluding carboxylic acids is 1. The first-order valence-corrected chi connectivity index (χ1v) is 11.8. The van der Waals surface area contributed by atoms with Crippen molar-refractivity contribution in [2.45, 2.75) is 71.3 Å². The topological polar surface area (TPSA) is 60.0 Å². The summed E-state index contributed by atoms with van der Waals surface area (Å²) in [6, 6.07) is 0.571. The molecule has 0 aromatic rings. The Balaban J connectivity index is 1.36. The lowest BCUT2D eigenvalue weighted by atomic mass is 9.84. The van der Waals surface area contributed by atoms with E-state index in [0.29, 0.717) is 17.9 Å². The summed E-state index contributed by atoms with van der Waals surface area (Å²) in [4.78, 5) is 21.7. The Morgan fingerprint density at radius 1 is 1.00 bits per heavy atom. The third kappa shape index (κ3) is 6.10. The Bertz CT molecular complexity index is 503. The third-order valence-electron chi connectivity index (χ3n) is 6.93. The SMILES string of the molecule is CCNC(=NCCN1CCN(C(=O)C2CCC2)CC1)NC1CCC(CC)CC1. The normalized spacial score (nSPS) is 27.4. The molecule has 1 heterocycles. The van der Waals surface area contributed by atoms with Crippen LogP contribution in [0.1, 0.15) is 65.2 Å². The second-order valence-corrected chi connectivity index (χ2v) is 8.83. The molecule has 0 radical (unpaired) electrons. The number of piperazine rings is 1. The number of aliphatic imine (C=N–C) groups is 1. The van der Waals surface area contributed by atoms with Crippen LogP contribution in [-0.4, -0.2) is 73.5 Å². The van der Waals surface area contributed by atoms with Gasteiger partial charge >= 0.3 is 0 Å². The van der Waals surface area contributed by atoms with Gasteiger partial charge in [0.1, 0.15) is 0 Å². The molecule has 3 aliphatic rings. The summed E-state index contributed by atoms with van der Waals surface area (Å²) >= 11 is 0. The molecule has 3 rings (SSSR count). The van der Waals surface area contributed by atoms with Crippen molar-refractivity contribution in [3.05, 3.63) is 0 Å². The molecule has 1 saturated heterocycles. The van der Waals surface area contributed by atoms with E-state index in [1.54, 1.807) is 0 Å². The van der Waals surface area contributed by atoms with Gasteiger partial charge in [0.25, 0.3) is 0 Å². The molecule has 3 fully saturated rings. The second kappa shape index (κ2) is 11.0. The molecule has 6 nitrogen and oxygen atoms in total. The monoisotopic (exact) mass is 391 g/mol. The van der Waals surface area contributed by atoms with Crippen LogP contribution in [0.2, 0.25) is 0 Å². The Morgan fingerprint density at radius 3 is 2.29 bits per heavy atom. The molecule has 0 aromatic heterocycles. The highest BCUT2D eigenvalue weighted by molar-refractivity contribution is 5.80. The Hall–Kier alpha value is -1.30. The highest BCUT2D eigenvalue weighted by atomic mass is 16.2. The van der Waals surface area contributed by atoms with E-state index in [1.165, 1.54) is 38.5 Å². The molecular formula is C22H41N5O. The van der Waals surface area contributed by atoms with E-state index in [-0.39, 0.29) is 0 Å². The molecule has 1 amide bonds. The van der Waals surface area contributed by atoms with E-state index in [9.17, 15) is 4.79 Å². The molecule has 160 valence electrons. The Kier molecular flexibility index (Phi) is 8.44. The number of guanidine groups is 1. The first-order chi connectivity index (χ1) is 13.7. The van der Waals surface area contributed by atoms with Gasteiger partial charge in [-0.1, -0.05) is 19.8 Å². The van der Waals surface area contributed by atoms with E-state index in [1.807, 2.05) is 0 Å². The number of hydrogen-bond donors (Lipinski definition) is 2. The second-order valence-electron chi connectivity index (χ2n) is 8.83. The summed E-state index contributed by atoms with van der Waals surface area (Å²) in [5, 5.41) is 7.06. The van der Waals surface area contributed by atoms with E-state index >= 15 is 0 Å². The molecule has 1 aliphatic heterocycles. The maximum absolute atomic E-state index is 12.4. The van der Waals surface area contributed by atoms with Gasteiger partial charge < -0.3 is 15.5 Å². The van der Waals surface area contributed by atoms with Gasteiger partial charge in [-0.3, -0.25) is 14.7 Å². The molecule has 0 aromatic carbocycles. The number of nitrogens with zero attached hydrogens (tertiary/aromatic N) is 3. The van der Waals surface area contributed by atoms with E-state index < -0.39 is 0 Å². The molecule has 0 bridgehead atoms. The van der Waals surface area contributed by atoms with Crippen LogP contribution in [0.4, 0.5) is 0 Å². The van der Waals surface area contributed by atoms with Crippen LogP contribution in [-0.2, 0) is 4.79 Å². The van der Waals surface area contributed by atoms with Gasteiger partial charge in [-0.2, -0.15) is 0 Å². The van der Waals surface area contributed by atoms with Crippen molar-refractivity contribution in [3.8, 4) is 0 Å². The fraction of sp³-hybridized carbons (Fsp3) is 0.909. The molecule has 28 heavy (non-hydrogen) atoms. The molecule has 2 aliphatic carbocycles. The summed E-state index contributed by atoms with van der Waals surface area (Å²) in [5.41, 5.74) is 0. The van der Waals surface area contributed by atoms with Crippen LogP contribution in [0.25, 0.3) is 0 Å². The van der Waals surface area contributed by atoms with E-state index in [4.69, 9.17) is 4.99 Å². The fourth-order valence-corrected chi connectivity index (χ4v) is 4.64. The minimum Gasteiger partial charge on any atom is -0.357 e. The van der Waals surface area contributed by atoms with Crippen LogP contribution in [0, 0.1) is 11.8 Å². The molecule has 0 unspecified atom stereocenters. The zero-order chi connectivity index (χ0) is 19.8. The van der Waals surface area contributed by atoms with E-state index in [2.05, 4.69) is 34.3 Å². The summed E-state index contributed by atoms with van der Waals surface area (Å²) in [6.07, 6.45) is 9.98. The zero-order valence-corrected chi connectivity index (χ0v) is 18.1. The van der Waals surface area contributed by atoms with Gasteiger partial charge in [0.05, 0.1) is 6.54 Å². The first kappa shape index (κ1) is 21.4. The van der Waals surface area contributed by atoms with Gasteiger partial charge in [0.2, 0.25) is 5.91 Å². The predicted octanol–water partition coefficient (Wildman–Crippen LogP) is 2.45. The summed E-state index contributed by atoms with van der Waals surface area (Å²) in [7, 11) is 0. The van der Waals surface area contributed by atoms with Gasteiger partial charge in [-0.25, -0.2) is 0 Å². The number of hydrogen-bond acceptors (Lipinski definition) is 3. The van der Waals surface area contributed by atoms with E-state index in [0.717, 1.165) is 70.5 Å². The first-order valence-electron chi connectivity index (χ1n) is 11.8. The van der Waals surface area contributed by atoms with Crippen LogP contribution in [0.15, 0.2) is 4.99 Å². The predicted molar refractivity (Wildman–Crippen MR) is 116 cm³/mol. The largest absolute Gasteiger partial charge is 0.357 e. The van der Waals surface area contributed by atoms with Gasteiger partial charge in [-0.15, -0.1) is 0 Å². The Morgan fingerprint density at radius 2 is 1.71 bits per heavy atom. The van der Waals surface area contributed by atoms with Gasteiger partial charge in [0, 0.05) is 51.2 Å². The van der Waals surface area contributed by atoms with Crippen LogP contribution in [0.5, 0.6) is 0 Å². The maximum atomic E-state index is 12.4. The lowest BCUT2D eigenvalue weighted by Crippen LogP contribution is -2.51. The number of carbonyl (C=O) groups is 1. The summed E-state index contributed by atoms with van der Waals surface area (Å²) < 4.78 is 0. The molecule has 2 N–H and O–H groups in total. The van der Waals surface area contributed by atoms with Crippen molar-refractivity contribution in [1.29, 1.82) is 0 Å². The number of nitrogens with one attached hydrogen (secondary N) is 2. The average molecular weight is 392 g/mol. The lowest BCUT2D eigenvalue weighted by Gasteiger charge is -2.38. The third-order valence-corrected chi connectivity index (χ3v) is 6.93. The van der Waals surface area contributed by atoms with Crippen LogP contribution < -0.4 is 10.6 Å². The Labute approximate surface area is 171 Å². The standard InChI is InChI=1S/C22H41N5O/c1-3-18-8-10-20(11-9-18)25-22(23-4-2)24-12-13-26-14-16-27(17-15-26)21(28)19-6-5-7-19/h18-20H,3-17H2,1-2H3,(H2,23,24,25). The molecule has 0 atom stereocenters. The molecule has 2 saturated carbocycles. The van der Waals surface area contributed by atoms with Gasteiger partial charge in [-0.05, 0) is 51.4 Å². The number of rotatable bonds is 7.